The smallest absolute Gasteiger partial charge is 0.326 e. The number of hydrogen-bond acceptors (Lipinski definition) is 6. The SMILES string of the molecule is COc1ccccc1C(=O)NC1CCN(C(=O)[C@H]2CC[C@@](C(=O)N[C@@H](CC(=O)O)C(=O)O)(c3ccccc3)c3ccccc32)CC1.S.S. The van der Waals surface area contributed by atoms with Crippen LogP contribution in [-0.2, 0) is 24.6 Å². The predicted octanol–water partition coefficient (Wildman–Crippen LogP) is 3.55. The first-order chi connectivity index (χ1) is 22.1. The van der Waals surface area contributed by atoms with E-state index in [9.17, 15) is 34.2 Å². The van der Waals surface area contributed by atoms with Crippen LogP contribution in [0, 0.1) is 0 Å². The van der Waals surface area contributed by atoms with Crippen molar-refractivity contribution < 1.29 is 38.9 Å². The Morgan fingerprint density at radius 1 is 0.875 bits per heavy atom. The molecule has 3 aromatic rings. The maximum atomic E-state index is 14.1. The van der Waals surface area contributed by atoms with E-state index in [2.05, 4.69) is 10.6 Å². The van der Waals surface area contributed by atoms with E-state index in [1.165, 1.54) is 7.11 Å². The lowest BCUT2D eigenvalue weighted by molar-refractivity contribution is -0.147. The van der Waals surface area contributed by atoms with Crippen LogP contribution < -0.4 is 15.4 Å². The van der Waals surface area contributed by atoms with Gasteiger partial charge in [0.1, 0.15) is 11.8 Å². The highest BCUT2D eigenvalue weighted by Crippen LogP contribution is 2.48. The van der Waals surface area contributed by atoms with Crippen LogP contribution in [0.15, 0.2) is 78.9 Å². The van der Waals surface area contributed by atoms with Crippen LogP contribution in [0.4, 0.5) is 0 Å². The molecule has 13 heteroatoms. The van der Waals surface area contributed by atoms with Gasteiger partial charge in [0, 0.05) is 19.1 Å². The second-order valence-corrected chi connectivity index (χ2v) is 11.7. The molecule has 3 atom stereocenters. The summed E-state index contributed by atoms with van der Waals surface area (Å²) in [5.74, 6) is -3.76. The lowest BCUT2D eigenvalue weighted by Crippen LogP contribution is -2.54. The number of nitrogens with zero attached hydrogens (tertiary/aromatic N) is 1. The molecular formula is C35H41N3O8S2. The van der Waals surface area contributed by atoms with Gasteiger partial charge in [0.25, 0.3) is 5.91 Å². The first-order valence-corrected chi connectivity index (χ1v) is 15.3. The minimum Gasteiger partial charge on any atom is -0.496 e. The average molecular weight is 696 g/mol. The summed E-state index contributed by atoms with van der Waals surface area (Å²) in [6, 6.07) is 21.4. The van der Waals surface area contributed by atoms with Gasteiger partial charge in [-0.25, -0.2) is 4.79 Å². The number of carboxylic acids is 2. The molecule has 1 aliphatic heterocycles. The normalized spacial score (nSPS) is 19.3. The third-order valence-electron chi connectivity index (χ3n) is 9.03. The van der Waals surface area contributed by atoms with E-state index >= 15 is 0 Å². The van der Waals surface area contributed by atoms with Gasteiger partial charge in [-0.1, -0.05) is 66.7 Å². The van der Waals surface area contributed by atoms with Gasteiger partial charge in [-0.2, -0.15) is 27.0 Å². The van der Waals surface area contributed by atoms with Crippen LogP contribution >= 0.6 is 27.0 Å². The summed E-state index contributed by atoms with van der Waals surface area (Å²) in [6.45, 7) is 0.905. The number of carbonyl (C=O) groups excluding carboxylic acids is 3. The summed E-state index contributed by atoms with van der Waals surface area (Å²) >= 11 is 0. The number of carboxylic acid groups (broad SMARTS) is 2. The van der Waals surface area contributed by atoms with E-state index in [4.69, 9.17) is 4.74 Å². The van der Waals surface area contributed by atoms with Crippen molar-refractivity contribution in [1.82, 2.24) is 15.5 Å². The number of aliphatic carboxylic acids is 2. The molecule has 0 bridgehead atoms. The number of piperidine rings is 1. The van der Waals surface area contributed by atoms with Crippen molar-refractivity contribution in [3.8, 4) is 5.75 Å². The number of ether oxygens (including phenoxy) is 1. The summed E-state index contributed by atoms with van der Waals surface area (Å²) in [5.41, 5.74) is 0.996. The number of amides is 3. The van der Waals surface area contributed by atoms with Gasteiger partial charge in [-0.3, -0.25) is 19.2 Å². The van der Waals surface area contributed by atoms with Gasteiger partial charge in [0.15, 0.2) is 0 Å². The minimum atomic E-state index is -1.62. The topological polar surface area (TPSA) is 162 Å². The van der Waals surface area contributed by atoms with Gasteiger partial charge >= 0.3 is 11.9 Å². The Balaban J connectivity index is 0.00000312. The molecule has 48 heavy (non-hydrogen) atoms. The van der Waals surface area contributed by atoms with Gasteiger partial charge in [0.2, 0.25) is 11.8 Å². The number of methoxy groups -OCH3 is 1. The molecule has 0 unspecified atom stereocenters. The molecule has 3 amide bonds. The highest BCUT2D eigenvalue weighted by atomic mass is 32.1. The molecule has 1 saturated heterocycles. The van der Waals surface area contributed by atoms with Crippen molar-refractivity contribution in [2.75, 3.05) is 20.2 Å². The zero-order valence-electron chi connectivity index (χ0n) is 26.5. The number of nitrogens with one attached hydrogen (secondary N) is 2. The molecule has 1 aliphatic carbocycles. The van der Waals surface area contributed by atoms with Crippen molar-refractivity contribution in [2.45, 2.75) is 55.5 Å². The fourth-order valence-electron chi connectivity index (χ4n) is 6.70. The highest BCUT2D eigenvalue weighted by molar-refractivity contribution is 7.59. The Kier molecular flexibility index (Phi) is 13.1. The van der Waals surface area contributed by atoms with E-state index in [-0.39, 0.29) is 51.3 Å². The number of rotatable bonds is 10. The Bertz CT molecular complexity index is 1630. The van der Waals surface area contributed by atoms with Crippen molar-refractivity contribution in [1.29, 1.82) is 0 Å². The Morgan fingerprint density at radius 2 is 1.50 bits per heavy atom. The number of benzene rings is 3. The number of carbonyl (C=O) groups is 5. The number of hydrogen-bond donors (Lipinski definition) is 4. The van der Waals surface area contributed by atoms with E-state index in [0.717, 1.165) is 0 Å². The Labute approximate surface area is 292 Å². The number of likely N-dealkylation sites (tertiary alicyclic amines) is 1. The van der Waals surface area contributed by atoms with E-state index in [1.807, 2.05) is 18.2 Å². The van der Waals surface area contributed by atoms with Crippen LogP contribution in [0.2, 0.25) is 0 Å². The average Bonchev–Trinajstić information content (AvgIpc) is 3.07. The molecule has 11 nitrogen and oxygen atoms in total. The van der Waals surface area contributed by atoms with E-state index < -0.39 is 41.6 Å². The third kappa shape index (κ3) is 7.79. The second kappa shape index (κ2) is 16.6. The van der Waals surface area contributed by atoms with Crippen LogP contribution in [0.5, 0.6) is 5.75 Å². The third-order valence-corrected chi connectivity index (χ3v) is 9.03. The van der Waals surface area contributed by atoms with Crippen LogP contribution in [0.25, 0.3) is 0 Å². The molecular weight excluding hydrogens is 655 g/mol. The summed E-state index contributed by atoms with van der Waals surface area (Å²) < 4.78 is 5.31. The standard InChI is InChI=1S/C35H37N3O8.2H2S/c1-46-29-14-8-6-12-26(29)31(41)36-23-16-19-38(20-17-23)32(42)25-15-18-35(22-9-3-2-4-10-22,27-13-7-5-11-24(25)27)34(45)37-28(33(43)44)21-30(39)40;;/h2-14,23,25,28H,15-21H2,1H3,(H,36,41)(H,37,45)(H,39,40)(H,43,44);2*1H2/t25-,28-,35+;;/m0../s1. The minimum absolute atomic E-state index is 0. The molecule has 0 spiro atoms. The highest BCUT2D eigenvalue weighted by Gasteiger charge is 2.49. The van der Waals surface area contributed by atoms with Crippen LogP contribution in [0.3, 0.4) is 0 Å². The maximum absolute atomic E-state index is 14.1. The quantitative estimate of drug-likeness (QED) is 0.250. The van der Waals surface area contributed by atoms with Gasteiger partial charge in [-0.15, -0.1) is 0 Å². The molecule has 0 saturated carbocycles. The molecule has 1 fully saturated rings. The first-order valence-electron chi connectivity index (χ1n) is 15.3. The lowest BCUT2D eigenvalue weighted by atomic mass is 9.62. The van der Waals surface area contributed by atoms with Gasteiger partial charge in [0.05, 0.1) is 30.4 Å². The predicted molar refractivity (Wildman–Crippen MR) is 188 cm³/mol. The maximum Gasteiger partial charge on any atom is 0.326 e. The molecule has 4 N–H and O–H groups in total. The summed E-state index contributed by atoms with van der Waals surface area (Å²) in [4.78, 5) is 66.1. The Hall–Kier alpha value is -4.49. The summed E-state index contributed by atoms with van der Waals surface area (Å²) in [6.07, 6.45) is 0.916. The second-order valence-electron chi connectivity index (χ2n) is 11.7. The molecule has 256 valence electrons. The zero-order chi connectivity index (χ0) is 32.8. The van der Waals surface area contributed by atoms with Gasteiger partial charge in [-0.05, 0) is 54.5 Å². The van der Waals surface area contributed by atoms with Crippen LogP contribution in [0.1, 0.15) is 65.1 Å². The summed E-state index contributed by atoms with van der Waals surface area (Å²) in [5, 5.41) is 24.5. The molecule has 1 heterocycles. The molecule has 3 aromatic carbocycles. The molecule has 0 aromatic heterocycles. The molecule has 5 rings (SSSR count). The fraction of sp³-hybridized carbons (Fsp3) is 0.343. The lowest BCUT2D eigenvalue weighted by Gasteiger charge is -2.43. The van der Waals surface area contributed by atoms with Crippen molar-refractivity contribution >= 4 is 56.7 Å². The van der Waals surface area contributed by atoms with Crippen LogP contribution in [-0.4, -0.2) is 77.1 Å². The van der Waals surface area contributed by atoms with Crippen molar-refractivity contribution in [2.24, 2.45) is 0 Å². The fourth-order valence-corrected chi connectivity index (χ4v) is 6.70. The van der Waals surface area contributed by atoms with Crippen molar-refractivity contribution in [3.63, 3.8) is 0 Å². The zero-order valence-corrected chi connectivity index (χ0v) is 28.5. The van der Waals surface area contributed by atoms with E-state index in [0.29, 0.717) is 60.4 Å². The largest absolute Gasteiger partial charge is 0.496 e. The van der Waals surface area contributed by atoms with Crippen molar-refractivity contribution in [3.05, 3.63) is 101 Å². The first kappa shape index (κ1) is 38.0. The monoisotopic (exact) mass is 695 g/mol. The number of para-hydroxylation sites is 1. The molecule has 0 radical (unpaired) electrons. The molecule has 2 aliphatic rings. The Morgan fingerprint density at radius 3 is 2.15 bits per heavy atom. The van der Waals surface area contributed by atoms with E-state index in [1.54, 1.807) is 65.6 Å². The summed E-state index contributed by atoms with van der Waals surface area (Å²) in [7, 11) is 1.52. The number of fused-ring (bicyclic) bond motifs is 1. The van der Waals surface area contributed by atoms with Gasteiger partial charge < -0.3 is 30.5 Å².